The zero-order valence-corrected chi connectivity index (χ0v) is 14.7. The maximum atomic E-state index is 7.44. The second-order valence-electron chi connectivity index (χ2n) is 6.20. The summed E-state index contributed by atoms with van der Waals surface area (Å²) in [7, 11) is 0. The summed E-state index contributed by atoms with van der Waals surface area (Å²) >= 11 is 0. The van der Waals surface area contributed by atoms with Crippen molar-refractivity contribution < 1.29 is 5.21 Å². The van der Waals surface area contributed by atoms with Crippen LogP contribution in [0.3, 0.4) is 0 Å². The Labute approximate surface area is 131 Å². The van der Waals surface area contributed by atoms with Gasteiger partial charge in [-0.1, -0.05) is 52.3 Å². The Hall–Kier alpha value is -1.31. The first-order valence-corrected chi connectivity index (χ1v) is 8.17. The molecule has 1 unspecified atom stereocenters. The topological polar surface area (TPSA) is 32.6 Å². The van der Waals surface area contributed by atoms with Gasteiger partial charge in [0, 0.05) is 6.21 Å². The van der Waals surface area contributed by atoms with Gasteiger partial charge in [-0.2, -0.15) is 0 Å². The van der Waals surface area contributed by atoms with Crippen LogP contribution in [0, 0.1) is 12.8 Å². The van der Waals surface area contributed by atoms with Crippen LogP contribution in [0.15, 0.2) is 23.4 Å². The van der Waals surface area contributed by atoms with Crippen molar-refractivity contribution in [3.8, 4) is 0 Å². The van der Waals surface area contributed by atoms with Gasteiger partial charge in [0.2, 0.25) is 0 Å². The second kappa shape index (κ2) is 11.4. The monoisotopic (exact) mass is 291 g/mol. The van der Waals surface area contributed by atoms with E-state index >= 15 is 0 Å². The predicted molar refractivity (Wildman–Crippen MR) is 93.6 cm³/mol. The summed E-state index contributed by atoms with van der Waals surface area (Å²) in [5.41, 5.74) is 4.54. The molecule has 120 valence electrons. The van der Waals surface area contributed by atoms with Crippen LogP contribution < -0.4 is 0 Å². The minimum absolute atomic E-state index is 0.691. The summed E-state index contributed by atoms with van der Waals surface area (Å²) in [4.78, 5) is 0. The lowest BCUT2D eigenvalue weighted by molar-refractivity contribution is 0.321. The van der Waals surface area contributed by atoms with Crippen LogP contribution in [0.4, 0.5) is 0 Å². The highest BCUT2D eigenvalue weighted by atomic mass is 16.4. The Morgan fingerprint density at radius 3 is 2.33 bits per heavy atom. The molecule has 0 aliphatic rings. The molecule has 1 rings (SSSR count). The van der Waals surface area contributed by atoms with Crippen LogP contribution >= 0.6 is 0 Å². The molecular formula is C19H33NO. The fraction of sp³-hybridized carbons (Fsp3) is 0.632. The molecular weight excluding hydrogens is 258 g/mol. The van der Waals surface area contributed by atoms with Crippen molar-refractivity contribution in [1.82, 2.24) is 0 Å². The summed E-state index contributed by atoms with van der Waals surface area (Å²) in [5, 5.41) is 10.1. The molecule has 0 radical (unpaired) electrons. The smallest absolute Gasteiger partial charge is 0.0404 e. The summed E-state index contributed by atoms with van der Waals surface area (Å²) in [6, 6.07) is 7.05. The van der Waals surface area contributed by atoms with E-state index in [1.165, 1.54) is 43.0 Å². The van der Waals surface area contributed by atoms with Crippen molar-refractivity contribution in [3.63, 3.8) is 0 Å². The number of hydrogen-bond acceptors (Lipinski definition) is 2. The molecule has 1 N–H and O–H groups in total. The Balaban J connectivity index is 0.000000885. The average Bonchev–Trinajstić information content (AvgIpc) is 2.45. The lowest BCUT2D eigenvalue weighted by atomic mass is 9.88. The largest absolute Gasteiger partial charge is 0.411 e. The van der Waals surface area contributed by atoms with Crippen molar-refractivity contribution in [2.75, 3.05) is 0 Å². The van der Waals surface area contributed by atoms with E-state index in [2.05, 4.69) is 58.0 Å². The van der Waals surface area contributed by atoms with Crippen molar-refractivity contribution in [3.05, 3.63) is 34.9 Å². The number of rotatable bonds is 6. The zero-order chi connectivity index (χ0) is 16.3. The van der Waals surface area contributed by atoms with E-state index in [1.807, 2.05) is 0 Å². The van der Waals surface area contributed by atoms with E-state index in [0.29, 0.717) is 5.92 Å². The van der Waals surface area contributed by atoms with E-state index in [1.54, 1.807) is 12.5 Å². The van der Waals surface area contributed by atoms with E-state index in [9.17, 15) is 0 Å². The Morgan fingerprint density at radius 1 is 1.24 bits per heavy atom. The van der Waals surface area contributed by atoms with Crippen LogP contribution in [-0.2, 0) is 6.42 Å². The number of aryl methyl sites for hydroxylation is 2. The number of hydrogen-bond donors (Lipinski definition) is 1. The Kier molecular flexibility index (Phi) is 10.7. The second-order valence-corrected chi connectivity index (χ2v) is 6.20. The van der Waals surface area contributed by atoms with Gasteiger partial charge < -0.3 is 5.21 Å². The Bertz CT molecular complexity index is 406. The van der Waals surface area contributed by atoms with Crippen LogP contribution in [0.25, 0.3) is 0 Å². The van der Waals surface area contributed by atoms with E-state index < -0.39 is 0 Å². The normalized spacial score (nSPS) is 12.3. The zero-order valence-electron chi connectivity index (χ0n) is 14.7. The molecule has 0 saturated carbocycles. The first-order chi connectivity index (χ1) is 9.96. The van der Waals surface area contributed by atoms with Crippen molar-refractivity contribution in [2.45, 2.75) is 73.1 Å². The third-order valence-corrected chi connectivity index (χ3v) is 3.63. The lowest BCUT2D eigenvalue weighted by Gasteiger charge is -2.18. The molecule has 1 atom stereocenters. The van der Waals surface area contributed by atoms with Gasteiger partial charge in [0.1, 0.15) is 0 Å². The molecule has 2 heteroatoms. The van der Waals surface area contributed by atoms with Gasteiger partial charge in [-0.3, -0.25) is 0 Å². The van der Waals surface area contributed by atoms with Crippen LogP contribution in [0.5, 0.6) is 0 Å². The molecule has 0 amide bonds. The molecule has 0 aromatic heterocycles. The fourth-order valence-electron chi connectivity index (χ4n) is 2.59. The van der Waals surface area contributed by atoms with Gasteiger partial charge in [-0.25, -0.2) is 0 Å². The highest BCUT2D eigenvalue weighted by molar-refractivity contribution is 5.51. The van der Waals surface area contributed by atoms with Crippen molar-refractivity contribution in [1.29, 1.82) is 0 Å². The molecule has 0 saturated heterocycles. The molecule has 0 aliphatic heterocycles. The molecule has 1 aromatic rings. The van der Waals surface area contributed by atoms with Gasteiger partial charge >= 0.3 is 0 Å². The molecule has 1 aromatic carbocycles. The number of benzene rings is 1. The minimum Gasteiger partial charge on any atom is -0.411 e. The van der Waals surface area contributed by atoms with Gasteiger partial charge in [-0.15, -0.1) is 5.16 Å². The fourth-order valence-corrected chi connectivity index (χ4v) is 2.59. The van der Waals surface area contributed by atoms with Crippen LogP contribution in [-0.4, -0.2) is 11.4 Å². The molecule has 21 heavy (non-hydrogen) atoms. The van der Waals surface area contributed by atoms with Crippen molar-refractivity contribution in [2.24, 2.45) is 11.1 Å². The summed E-state index contributed by atoms with van der Waals surface area (Å²) in [6.45, 7) is 13.1. The van der Waals surface area contributed by atoms with Crippen LogP contribution in [0.1, 0.15) is 76.5 Å². The number of oxime groups is 1. The SMILES string of the molecule is C/C=N/O.CCCCc1ccc(C)c(C(C)CC(C)C)c1. The van der Waals surface area contributed by atoms with Gasteiger partial charge in [0.25, 0.3) is 0 Å². The summed E-state index contributed by atoms with van der Waals surface area (Å²) in [5.74, 6) is 1.47. The molecule has 0 bridgehead atoms. The highest BCUT2D eigenvalue weighted by Crippen LogP contribution is 2.27. The maximum absolute atomic E-state index is 7.44. The number of unbranched alkanes of at least 4 members (excludes halogenated alkanes) is 1. The minimum atomic E-state index is 0.691. The third-order valence-electron chi connectivity index (χ3n) is 3.63. The summed E-state index contributed by atoms with van der Waals surface area (Å²) in [6.07, 6.45) is 6.42. The molecule has 0 aliphatic carbocycles. The highest BCUT2D eigenvalue weighted by Gasteiger charge is 2.11. The van der Waals surface area contributed by atoms with Gasteiger partial charge in [-0.05, 0) is 61.6 Å². The average molecular weight is 291 g/mol. The van der Waals surface area contributed by atoms with Crippen LogP contribution in [0.2, 0.25) is 0 Å². The van der Waals surface area contributed by atoms with E-state index in [4.69, 9.17) is 5.21 Å². The number of nitrogens with zero attached hydrogens (tertiary/aromatic N) is 1. The van der Waals surface area contributed by atoms with Crippen molar-refractivity contribution >= 4 is 6.21 Å². The molecule has 2 nitrogen and oxygen atoms in total. The third kappa shape index (κ3) is 8.54. The first-order valence-electron chi connectivity index (χ1n) is 8.17. The van der Waals surface area contributed by atoms with Gasteiger partial charge in [0.15, 0.2) is 0 Å². The molecule has 0 fully saturated rings. The van der Waals surface area contributed by atoms with E-state index in [0.717, 1.165) is 5.92 Å². The first kappa shape index (κ1) is 19.7. The van der Waals surface area contributed by atoms with Gasteiger partial charge in [0.05, 0.1) is 0 Å². The standard InChI is InChI=1S/C17H28.C2H5NO/c1-6-7-8-16-10-9-14(4)17(12-16)15(5)11-13(2)3;1-2-3-4/h9-10,12-13,15H,6-8,11H2,1-5H3;2,4H,1H3/b;3-2+. The Morgan fingerprint density at radius 2 is 1.86 bits per heavy atom. The molecule has 0 spiro atoms. The quantitative estimate of drug-likeness (QED) is 0.392. The molecule has 0 heterocycles. The van der Waals surface area contributed by atoms with E-state index in [-0.39, 0.29) is 0 Å². The summed E-state index contributed by atoms with van der Waals surface area (Å²) < 4.78 is 0. The lowest BCUT2D eigenvalue weighted by Crippen LogP contribution is -2.02. The predicted octanol–water partition coefficient (Wildman–Crippen LogP) is 5.95. The maximum Gasteiger partial charge on any atom is 0.0404 e.